The first kappa shape index (κ1) is 111. The van der Waals surface area contributed by atoms with E-state index in [1.807, 2.05) is 13.8 Å². The maximum absolute atomic E-state index is 13.0. The minimum absolute atomic E-state index is 0. The summed E-state index contributed by atoms with van der Waals surface area (Å²) >= 11 is 3.21. The van der Waals surface area contributed by atoms with Crippen LogP contribution >= 0.6 is 15.9 Å². The molecule has 0 unspecified atom stereocenters. The molecule has 0 radical (unpaired) electrons. The number of hydrogen-bond acceptors (Lipinski definition) is 30. The zero-order chi connectivity index (χ0) is 86.4. The van der Waals surface area contributed by atoms with E-state index in [-0.39, 0.29) is 117 Å². The number of carboxylic acids is 3. The molecule has 0 spiro atoms. The topological polar surface area (TPSA) is 472 Å². The summed E-state index contributed by atoms with van der Waals surface area (Å²) in [5, 5.41) is 44.0. The first-order chi connectivity index (χ1) is 52.6. The normalized spacial score (nSPS) is 13.8. The number of rotatable bonds is 28. The number of methoxy groups -OCH3 is 11. The van der Waals surface area contributed by atoms with Gasteiger partial charge in [0.25, 0.3) is 0 Å². The molecule has 37 heteroatoms. The number of ether oxygens (including phenoxy) is 13. The minimum Gasteiger partial charge on any atom is -0.550 e. The number of halogens is 3. The van der Waals surface area contributed by atoms with E-state index in [1.165, 1.54) is 117 Å². The number of esters is 6. The molecule has 0 amide bonds. The zero-order valence-electron chi connectivity index (χ0n) is 67.0. The summed E-state index contributed by atoms with van der Waals surface area (Å²) in [6.45, 7) is 13.2. The van der Waals surface area contributed by atoms with Gasteiger partial charge in [-0.15, -0.1) is 0 Å². The van der Waals surface area contributed by atoms with Crippen LogP contribution in [0.25, 0.3) is 5.57 Å². The number of carboxylic acid groups (broad SMARTS) is 3. The van der Waals surface area contributed by atoms with E-state index in [2.05, 4.69) is 49.1 Å². The number of aliphatic carboxylic acids is 3. The summed E-state index contributed by atoms with van der Waals surface area (Å²) in [6.07, 6.45) is 7.33. The Kier molecular flexibility index (Phi) is 61.8. The van der Waals surface area contributed by atoms with Gasteiger partial charge in [-0.25, -0.2) is 32.8 Å². The predicted molar refractivity (Wildman–Crippen MR) is 401 cm³/mol. The van der Waals surface area contributed by atoms with Gasteiger partial charge in [-0.05, 0) is 140 Å². The van der Waals surface area contributed by atoms with Gasteiger partial charge >= 0.3 is 106 Å². The van der Waals surface area contributed by atoms with Gasteiger partial charge in [0.1, 0.15) is 46.3 Å². The molecule has 0 aromatic heterocycles. The second-order valence-corrected chi connectivity index (χ2v) is 24.4. The molecule has 0 atom stereocenters. The standard InChI is InChI=1S/C17H17FO4.C12H15BrO4.C12H16O4.C7H13NO3.C7H12O4.C7H10O3.C6H6BFO2.C4H6O4.C4H8O3.K/c1-10-9-12(7-8-22-2)15(17(20)21)16(19)14(10)11-3-5-13(18)6-4-11;1-7-6-8(4-5-16-2)9(12(15)17-3)11(14)10(7)13;1-8-6-9(4-5-15-2)11(10(13)7-8)12(14)16-3;2*1-10-4-3-6(8)5-7(9)11-2;1-5-4-6(8)10-7(2,3)9-5;8-6-3-1-5(2-4-6)7(9)10;1-8-4(7)2-3(5)6;1-7-3-2-4(5)6;/h3-6H,7-9H2,1-2H3,(H,20,21);4-6H2,1-3H3;7H,4-6H2,1-3H3;5H,3-4,8H2,1-2H3;3-5H2,1-2H3;4H,1-3H3;1-4,9-10H;2H2,1H3,(H,5,6);2-3H2,1H3,(H,5,6);/q;;;;;;;;;+1/p-1/b;;;6-5-;;;;;;. The Morgan fingerprint density at radius 3 is 1.39 bits per heavy atom. The molecule has 0 saturated heterocycles. The number of hydrogen-bond donors (Lipinski definition) is 5. The monoisotopic (exact) mass is 1690 g/mol. The van der Waals surface area contributed by atoms with Crippen molar-refractivity contribution in [2.75, 3.05) is 118 Å². The summed E-state index contributed by atoms with van der Waals surface area (Å²) in [5.74, 6) is -8.88. The average Bonchev–Trinajstić information content (AvgIpc) is 0.783. The Hall–Kier alpha value is -8.41. The van der Waals surface area contributed by atoms with Crippen molar-refractivity contribution in [3.63, 3.8) is 0 Å². The fourth-order valence-corrected chi connectivity index (χ4v) is 9.39. The van der Waals surface area contributed by atoms with Crippen molar-refractivity contribution in [1.82, 2.24) is 0 Å². The number of cyclic esters (lactones) is 1. The zero-order valence-corrected chi connectivity index (χ0v) is 71.7. The molecule has 2 aromatic carbocycles. The van der Waals surface area contributed by atoms with Gasteiger partial charge in [-0.1, -0.05) is 41.0 Å². The minimum atomic E-state index is -1.51. The van der Waals surface area contributed by atoms with Crippen LogP contribution in [0, 0.1) is 11.6 Å². The molecule has 1 aliphatic heterocycles. The molecule has 1 heterocycles. The van der Waals surface area contributed by atoms with Crippen LogP contribution in [0.2, 0.25) is 0 Å². The summed E-state index contributed by atoms with van der Waals surface area (Å²) in [6, 6.07) is 10.5. The third-order valence-electron chi connectivity index (χ3n) is 14.3. The molecular weight excluding hydrogens is 1590 g/mol. The SMILES string of the molecule is CC1=CC(=O)OC(C)(C)O1.COC(=O)CC(=O)[O-].COCC/C(N)=C/C(=O)OC.COCCC(=O)CC(=O)OC.COCCC(=O)O.COCCC1=C(C(=O)O)C(=O)C(c2ccc(F)cc2)=C(C)C1.COCCC1=C(C(=O)OC)C(=O)C(Br)=C(C)C1.COCCC1=C(C(=O)OC)C(=O)C=C(C)C1.OB(O)c1ccc(F)cc1.[K+]. The third kappa shape index (κ3) is 49.1. The molecule has 3 aliphatic carbocycles. The number of nitrogens with two attached hydrogens (primary N) is 1. The van der Waals surface area contributed by atoms with Crippen molar-refractivity contribution in [3.8, 4) is 0 Å². The van der Waals surface area contributed by atoms with E-state index in [4.69, 9.17) is 49.3 Å². The second kappa shape index (κ2) is 63.0. The Morgan fingerprint density at radius 2 is 0.991 bits per heavy atom. The molecular formula is C76H102BBrF2KNO31. The number of ketones is 4. The third-order valence-corrected chi connectivity index (χ3v) is 15.3. The fraction of sp³-hybridized carbons (Fsp3) is 0.461. The predicted octanol–water partition coefficient (Wildman–Crippen LogP) is 2.85. The van der Waals surface area contributed by atoms with Crippen LogP contribution in [0.15, 0.2) is 133 Å². The number of allylic oxidation sites excluding steroid dienone is 7. The van der Waals surface area contributed by atoms with E-state index >= 15 is 0 Å². The summed E-state index contributed by atoms with van der Waals surface area (Å²) in [4.78, 5) is 143. The van der Waals surface area contributed by atoms with Crippen LogP contribution in [0.4, 0.5) is 8.78 Å². The quantitative estimate of drug-likeness (QED) is 0.0204. The molecule has 622 valence electrons. The van der Waals surface area contributed by atoms with Crippen molar-refractivity contribution in [2.45, 2.75) is 118 Å². The van der Waals surface area contributed by atoms with Crippen molar-refractivity contribution < 1.29 is 209 Å². The Bertz CT molecular complexity index is 3740. The van der Waals surface area contributed by atoms with E-state index in [0.29, 0.717) is 123 Å². The molecule has 2 aromatic rings. The number of carbonyl (C=O) groups is 13. The van der Waals surface area contributed by atoms with Gasteiger partial charge < -0.3 is 97.5 Å². The molecule has 32 nitrogen and oxygen atoms in total. The number of Topliss-reactive ketones (excluding diaryl/α,β-unsaturated/α-hetero) is 3. The van der Waals surface area contributed by atoms with E-state index < -0.39 is 78.7 Å². The van der Waals surface area contributed by atoms with E-state index in [0.717, 1.165) is 35.0 Å². The van der Waals surface area contributed by atoms with Gasteiger partial charge in [0.05, 0.1) is 84.7 Å². The Labute approximate surface area is 706 Å². The smallest absolute Gasteiger partial charge is 0.550 e. The molecule has 6 rings (SSSR count). The molecule has 0 saturated carbocycles. The fourth-order valence-electron chi connectivity index (χ4n) is 9.05. The van der Waals surface area contributed by atoms with Crippen LogP contribution < -0.4 is 67.7 Å². The maximum Gasteiger partial charge on any atom is 1.00 e. The van der Waals surface area contributed by atoms with Crippen molar-refractivity contribution in [3.05, 3.63) is 150 Å². The van der Waals surface area contributed by atoms with Crippen molar-refractivity contribution in [1.29, 1.82) is 0 Å². The second-order valence-electron chi connectivity index (χ2n) is 23.6. The van der Waals surface area contributed by atoms with Gasteiger partial charge in [0.2, 0.25) is 17.4 Å². The average molecular weight is 1690 g/mol. The van der Waals surface area contributed by atoms with Crippen LogP contribution in [0.5, 0.6) is 0 Å². The van der Waals surface area contributed by atoms with Gasteiger partial charge in [0.15, 0.2) is 5.78 Å². The largest absolute Gasteiger partial charge is 1.00 e. The Balaban J connectivity index is -0.000000604. The van der Waals surface area contributed by atoms with Crippen molar-refractivity contribution >= 4 is 111 Å². The van der Waals surface area contributed by atoms with Gasteiger partial charge in [0, 0.05) is 107 Å². The molecule has 6 N–H and O–H groups in total. The maximum atomic E-state index is 13.0. The van der Waals surface area contributed by atoms with Crippen LogP contribution in [-0.4, -0.2) is 228 Å². The van der Waals surface area contributed by atoms with E-state index in [1.54, 1.807) is 49.0 Å². The first-order valence-electron chi connectivity index (χ1n) is 33.6. The van der Waals surface area contributed by atoms with Gasteiger partial charge in [-0.2, -0.15) is 0 Å². The van der Waals surface area contributed by atoms with Crippen LogP contribution in [0.1, 0.15) is 118 Å². The molecule has 113 heavy (non-hydrogen) atoms. The summed E-state index contributed by atoms with van der Waals surface area (Å²) in [7, 11) is 14.0. The van der Waals surface area contributed by atoms with E-state index in [9.17, 15) is 81.3 Å². The molecule has 0 bridgehead atoms. The Morgan fingerprint density at radius 1 is 0.558 bits per heavy atom. The summed E-state index contributed by atoms with van der Waals surface area (Å²) < 4.78 is 86.4. The number of carbonyl (C=O) groups excluding carboxylic acids is 11. The van der Waals surface area contributed by atoms with Crippen molar-refractivity contribution in [2.24, 2.45) is 5.73 Å². The number of benzene rings is 2. The molecule has 0 fully saturated rings. The van der Waals surface area contributed by atoms with Crippen LogP contribution in [0.3, 0.4) is 0 Å². The first-order valence-corrected chi connectivity index (χ1v) is 34.4. The van der Waals surface area contributed by atoms with Gasteiger partial charge in [-0.3, -0.25) is 33.6 Å². The molecule has 4 aliphatic rings. The summed E-state index contributed by atoms with van der Waals surface area (Å²) in [5.41, 5.74) is 12.0. The van der Waals surface area contributed by atoms with Crippen LogP contribution in [-0.2, 0) is 124 Å².